The van der Waals surface area contributed by atoms with E-state index in [4.69, 9.17) is 17.3 Å². The molecule has 0 heterocycles. The van der Waals surface area contributed by atoms with E-state index in [1.807, 2.05) is 45.2 Å². The van der Waals surface area contributed by atoms with Gasteiger partial charge in [-0.05, 0) is 38.6 Å². The van der Waals surface area contributed by atoms with Gasteiger partial charge >= 0.3 is 0 Å². The Kier molecular flexibility index (Phi) is 4.95. The number of rotatable bonds is 5. The molecule has 96 valence electrons. The van der Waals surface area contributed by atoms with E-state index in [0.29, 0.717) is 11.6 Å². The molecule has 4 heteroatoms. The van der Waals surface area contributed by atoms with Gasteiger partial charge in [-0.3, -0.25) is 4.90 Å². The molecule has 0 fully saturated rings. The molecule has 3 N–H and O–H groups in total. The second-order valence-electron chi connectivity index (χ2n) is 4.88. The molecule has 0 spiro atoms. The predicted molar refractivity (Wildman–Crippen MR) is 72.2 cm³/mol. The Balaban J connectivity index is 2.95. The zero-order chi connectivity index (χ0) is 13.1. The minimum Gasteiger partial charge on any atom is -0.394 e. The van der Waals surface area contributed by atoms with Gasteiger partial charge in [0.25, 0.3) is 0 Å². The van der Waals surface area contributed by atoms with Crippen LogP contribution in [0, 0.1) is 0 Å². The van der Waals surface area contributed by atoms with Gasteiger partial charge in [-0.1, -0.05) is 23.7 Å². The largest absolute Gasteiger partial charge is 0.394 e. The minimum atomic E-state index is -0.302. The Bertz CT molecular complexity index is 351. The second-order valence-corrected chi connectivity index (χ2v) is 5.32. The summed E-state index contributed by atoms with van der Waals surface area (Å²) >= 11 is 5.87. The van der Waals surface area contributed by atoms with Crippen LogP contribution in [0.5, 0.6) is 0 Å². The SMILES string of the molecule is CN(C(CN)c1ccc(Cl)cc1)C(C)(C)CO. The minimum absolute atomic E-state index is 0.0782. The number of benzene rings is 1. The molecule has 0 aromatic heterocycles. The summed E-state index contributed by atoms with van der Waals surface area (Å²) in [5.74, 6) is 0. The van der Waals surface area contributed by atoms with Crippen molar-refractivity contribution in [3.63, 3.8) is 0 Å². The van der Waals surface area contributed by atoms with Crippen LogP contribution in [0.25, 0.3) is 0 Å². The van der Waals surface area contributed by atoms with Crippen molar-refractivity contribution in [3.05, 3.63) is 34.9 Å². The summed E-state index contributed by atoms with van der Waals surface area (Å²) < 4.78 is 0. The molecule has 1 atom stereocenters. The zero-order valence-corrected chi connectivity index (χ0v) is 11.4. The Morgan fingerprint density at radius 3 is 2.29 bits per heavy atom. The number of aliphatic hydroxyl groups excluding tert-OH is 1. The molecule has 1 rings (SSSR count). The zero-order valence-electron chi connectivity index (χ0n) is 10.7. The lowest BCUT2D eigenvalue weighted by Gasteiger charge is -2.39. The number of hydrogen-bond donors (Lipinski definition) is 2. The van der Waals surface area contributed by atoms with Crippen LogP contribution in [0.3, 0.4) is 0 Å². The summed E-state index contributed by atoms with van der Waals surface area (Å²) in [6.45, 7) is 4.58. The molecule has 3 nitrogen and oxygen atoms in total. The highest BCUT2D eigenvalue weighted by molar-refractivity contribution is 6.30. The van der Waals surface area contributed by atoms with E-state index in [0.717, 1.165) is 5.56 Å². The van der Waals surface area contributed by atoms with E-state index >= 15 is 0 Å². The van der Waals surface area contributed by atoms with Gasteiger partial charge in [0, 0.05) is 23.1 Å². The second kappa shape index (κ2) is 5.83. The quantitative estimate of drug-likeness (QED) is 0.848. The number of hydrogen-bond acceptors (Lipinski definition) is 3. The number of halogens is 1. The molecule has 1 aromatic carbocycles. The van der Waals surface area contributed by atoms with Gasteiger partial charge in [-0.25, -0.2) is 0 Å². The smallest absolute Gasteiger partial charge is 0.0610 e. The average Bonchev–Trinajstić information content (AvgIpc) is 2.32. The van der Waals surface area contributed by atoms with Crippen molar-refractivity contribution in [1.29, 1.82) is 0 Å². The van der Waals surface area contributed by atoms with E-state index in [2.05, 4.69) is 4.90 Å². The van der Waals surface area contributed by atoms with E-state index in [-0.39, 0.29) is 18.2 Å². The molecule has 1 aromatic rings. The number of nitrogens with two attached hydrogens (primary N) is 1. The first-order valence-corrected chi connectivity index (χ1v) is 6.09. The number of likely N-dealkylation sites (N-methyl/N-ethyl adjacent to an activating group) is 1. The van der Waals surface area contributed by atoms with Crippen LogP contribution in [0.4, 0.5) is 0 Å². The molecule has 0 saturated carbocycles. The predicted octanol–water partition coefficient (Wildman–Crippen LogP) is 2.04. The molecular formula is C13H21ClN2O. The van der Waals surface area contributed by atoms with Crippen LogP contribution in [-0.2, 0) is 0 Å². The van der Waals surface area contributed by atoms with E-state index < -0.39 is 0 Å². The molecule has 0 aliphatic rings. The number of nitrogens with zero attached hydrogens (tertiary/aromatic N) is 1. The highest BCUT2D eigenvalue weighted by atomic mass is 35.5. The van der Waals surface area contributed by atoms with Crippen LogP contribution >= 0.6 is 11.6 Å². The highest BCUT2D eigenvalue weighted by Crippen LogP contribution is 2.26. The number of aliphatic hydroxyl groups is 1. The van der Waals surface area contributed by atoms with Crippen molar-refractivity contribution in [1.82, 2.24) is 4.90 Å². The fraction of sp³-hybridized carbons (Fsp3) is 0.538. The van der Waals surface area contributed by atoms with E-state index in [9.17, 15) is 5.11 Å². The van der Waals surface area contributed by atoms with Gasteiger partial charge in [0.1, 0.15) is 0 Å². The molecule has 17 heavy (non-hydrogen) atoms. The lowest BCUT2D eigenvalue weighted by Crippen LogP contribution is -2.48. The third kappa shape index (κ3) is 3.42. The van der Waals surface area contributed by atoms with Crippen molar-refractivity contribution >= 4 is 11.6 Å². The molecular weight excluding hydrogens is 236 g/mol. The van der Waals surface area contributed by atoms with Gasteiger partial charge in [-0.2, -0.15) is 0 Å². The van der Waals surface area contributed by atoms with Gasteiger partial charge in [0.2, 0.25) is 0 Å². The fourth-order valence-electron chi connectivity index (χ4n) is 1.74. The Labute approximate surface area is 108 Å². The normalized spacial score (nSPS) is 14.1. The Morgan fingerprint density at radius 1 is 1.35 bits per heavy atom. The molecule has 0 amide bonds. The maximum Gasteiger partial charge on any atom is 0.0610 e. The van der Waals surface area contributed by atoms with Crippen LogP contribution in [0.1, 0.15) is 25.5 Å². The molecule has 0 aliphatic carbocycles. The maximum absolute atomic E-state index is 9.40. The Morgan fingerprint density at radius 2 is 1.88 bits per heavy atom. The van der Waals surface area contributed by atoms with Gasteiger partial charge in [0.05, 0.1) is 6.61 Å². The topological polar surface area (TPSA) is 49.5 Å². The molecule has 0 radical (unpaired) electrons. The van der Waals surface area contributed by atoms with Crippen molar-refractivity contribution in [2.75, 3.05) is 20.2 Å². The lowest BCUT2D eigenvalue weighted by molar-refractivity contribution is 0.0470. The summed E-state index contributed by atoms with van der Waals surface area (Å²) in [4.78, 5) is 2.09. The molecule has 1 unspecified atom stereocenters. The maximum atomic E-state index is 9.40. The van der Waals surface area contributed by atoms with Crippen molar-refractivity contribution < 1.29 is 5.11 Å². The third-order valence-corrected chi connectivity index (χ3v) is 3.54. The lowest BCUT2D eigenvalue weighted by atomic mass is 9.98. The Hall–Kier alpha value is -0.610. The van der Waals surface area contributed by atoms with E-state index in [1.165, 1.54) is 0 Å². The van der Waals surface area contributed by atoms with Crippen molar-refractivity contribution in [2.24, 2.45) is 5.73 Å². The van der Waals surface area contributed by atoms with Gasteiger partial charge < -0.3 is 10.8 Å². The molecule has 0 aliphatic heterocycles. The molecule has 0 bridgehead atoms. The van der Waals surface area contributed by atoms with Crippen molar-refractivity contribution in [3.8, 4) is 0 Å². The summed E-state index contributed by atoms with van der Waals surface area (Å²) in [6.07, 6.45) is 0. The summed E-state index contributed by atoms with van der Waals surface area (Å²) in [5.41, 5.74) is 6.65. The van der Waals surface area contributed by atoms with E-state index in [1.54, 1.807) is 0 Å². The van der Waals surface area contributed by atoms with Crippen LogP contribution in [0.2, 0.25) is 5.02 Å². The monoisotopic (exact) mass is 256 g/mol. The first-order valence-electron chi connectivity index (χ1n) is 5.71. The third-order valence-electron chi connectivity index (χ3n) is 3.29. The summed E-state index contributed by atoms with van der Waals surface area (Å²) in [7, 11) is 1.97. The first-order chi connectivity index (χ1) is 7.92. The highest BCUT2D eigenvalue weighted by Gasteiger charge is 2.28. The standard InChI is InChI=1S/C13H21ClN2O/c1-13(2,9-17)16(3)12(8-15)10-4-6-11(14)7-5-10/h4-7,12,17H,8-9,15H2,1-3H3. The van der Waals surface area contributed by atoms with Crippen LogP contribution in [-0.4, -0.2) is 35.7 Å². The fourth-order valence-corrected chi connectivity index (χ4v) is 1.86. The summed E-state index contributed by atoms with van der Waals surface area (Å²) in [5, 5.41) is 10.1. The average molecular weight is 257 g/mol. The van der Waals surface area contributed by atoms with Gasteiger partial charge in [0.15, 0.2) is 0 Å². The summed E-state index contributed by atoms with van der Waals surface area (Å²) in [6, 6.07) is 7.75. The van der Waals surface area contributed by atoms with Gasteiger partial charge in [-0.15, -0.1) is 0 Å². The first kappa shape index (κ1) is 14.5. The van der Waals surface area contributed by atoms with Crippen molar-refractivity contribution in [2.45, 2.75) is 25.4 Å². The van der Waals surface area contributed by atoms with Crippen LogP contribution < -0.4 is 5.73 Å². The molecule has 0 saturated heterocycles. The van der Waals surface area contributed by atoms with Crippen LogP contribution in [0.15, 0.2) is 24.3 Å².